The lowest BCUT2D eigenvalue weighted by Crippen LogP contribution is -2.40. The maximum atomic E-state index is 13.1. The molecule has 10 heteroatoms. The van der Waals surface area contributed by atoms with E-state index in [0.717, 1.165) is 32.4 Å². The highest BCUT2D eigenvalue weighted by Crippen LogP contribution is 2.28. The van der Waals surface area contributed by atoms with Crippen LogP contribution in [-0.2, 0) is 32.0 Å². The summed E-state index contributed by atoms with van der Waals surface area (Å²) < 4.78 is 10.3. The first-order valence-electron chi connectivity index (χ1n) is 13.9. The van der Waals surface area contributed by atoms with E-state index >= 15 is 0 Å². The van der Waals surface area contributed by atoms with Gasteiger partial charge in [0.25, 0.3) is 11.8 Å². The van der Waals surface area contributed by atoms with Crippen molar-refractivity contribution < 1.29 is 28.7 Å². The molecule has 2 aliphatic rings. The maximum absolute atomic E-state index is 13.1. The highest BCUT2D eigenvalue weighted by molar-refractivity contribution is 6.24. The predicted octanol–water partition coefficient (Wildman–Crippen LogP) is 2.63. The van der Waals surface area contributed by atoms with Crippen LogP contribution in [0.5, 0.6) is 11.5 Å². The number of hydrogen-bond acceptors (Lipinski definition) is 8. The van der Waals surface area contributed by atoms with Gasteiger partial charge in [0, 0.05) is 0 Å². The Balaban J connectivity index is 1.14. The summed E-state index contributed by atoms with van der Waals surface area (Å²) in [4.78, 5) is 53.9. The van der Waals surface area contributed by atoms with Crippen molar-refractivity contribution >= 4 is 35.0 Å². The number of nitrogens with zero attached hydrogens (tertiary/aromatic N) is 2. The van der Waals surface area contributed by atoms with Gasteiger partial charge in [-0.1, -0.05) is 24.3 Å². The number of anilines is 2. The lowest BCUT2D eigenvalue weighted by Gasteiger charge is -2.19. The molecule has 0 saturated carbocycles. The summed E-state index contributed by atoms with van der Waals surface area (Å²) >= 11 is 0. The van der Waals surface area contributed by atoms with E-state index in [-0.39, 0.29) is 36.5 Å². The van der Waals surface area contributed by atoms with Crippen LogP contribution >= 0.6 is 0 Å². The number of methoxy groups -OCH3 is 2. The smallest absolute Gasteiger partial charge is 0.251 e. The molecule has 10 nitrogen and oxygen atoms in total. The summed E-state index contributed by atoms with van der Waals surface area (Å²) in [6.45, 7) is 1.08. The Morgan fingerprint density at radius 3 is 1.29 bits per heavy atom. The number of rotatable bonds is 12. The quantitative estimate of drug-likeness (QED) is 0.319. The Kier molecular flexibility index (Phi) is 8.94. The standard InChI is InChI=1S/C32H34N4O6/c1-41-25-11-3-21(4-12-25)15-17-33-27-19-29(37)35(31(27)39)23-7-9-24(10-8-23)36-30(38)20-28(32(36)40)34-18-16-22-5-13-26(42-2)14-6-22/h3-14,27-28,33-34H,15-20H2,1-2H3/t27-,28+. The van der Waals surface area contributed by atoms with E-state index < -0.39 is 12.1 Å². The van der Waals surface area contributed by atoms with E-state index in [4.69, 9.17) is 9.47 Å². The first kappa shape index (κ1) is 29.0. The van der Waals surface area contributed by atoms with E-state index in [1.54, 1.807) is 38.5 Å². The number of carbonyl (C=O) groups is 4. The summed E-state index contributed by atoms with van der Waals surface area (Å²) in [5, 5.41) is 6.38. The van der Waals surface area contributed by atoms with Gasteiger partial charge in [0.05, 0.1) is 50.5 Å². The Morgan fingerprint density at radius 1 is 0.595 bits per heavy atom. The molecule has 2 fully saturated rings. The molecule has 218 valence electrons. The van der Waals surface area contributed by atoms with Crippen molar-refractivity contribution in [1.82, 2.24) is 10.6 Å². The van der Waals surface area contributed by atoms with Gasteiger partial charge in [0.2, 0.25) is 11.8 Å². The molecule has 0 spiro atoms. The van der Waals surface area contributed by atoms with Crippen LogP contribution in [0.1, 0.15) is 24.0 Å². The van der Waals surface area contributed by atoms with Gasteiger partial charge in [0.15, 0.2) is 0 Å². The Labute approximate surface area is 244 Å². The number of nitrogens with one attached hydrogen (secondary N) is 2. The fourth-order valence-corrected chi connectivity index (χ4v) is 5.24. The minimum Gasteiger partial charge on any atom is -0.497 e. The molecule has 2 heterocycles. The Hall–Kier alpha value is -4.54. The minimum atomic E-state index is -0.609. The van der Waals surface area contributed by atoms with E-state index in [1.807, 2.05) is 48.5 Å². The van der Waals surface area contributed by atoms with Gasteiger partial charge in [-0.3, -0.25) is 19.2 Å². The highest BCUT2D eigenvalue weighted by atomic mass is 16.5. The van der Waals surface area contributed by atoms with Gasteiger partial charge in [-0.15, -0.1) is 0 Å². The van der Waals surface area contributed by atoms with Crippen molar-refractivity contribution in [3.8, 4) is 11.5 Å². The van der Waals surface area contributed by atoms with Crippen molar-refractivity contribution in [2.75, 3.05) is 37.1 Å². The molecular weight excluding hydrogens is 536 g/mol. The lowest BCUT2D eigenvalue weighted by atomic mass is 10.1. The fraction of sp³-hybridized carbons (Fsp3) is 0.312. The molecule has 2 aliphatic heterocycles. The minimum absolute atomic E-state index is 0.0656. The van der Waals surface area contributed by atoms with Crippen LogP contribution < -0.4 is 29.9 Å². The first-order chi connectivity index (χ1) is 20.4. The summed E-state index contributed by atoms with van der Waals surface area (Å²) in [6, 6.07) is 20.5. The van der Waals surface area contributed by atoms with Crippen LogP contribution in [0.2, 0.25) is 0 Å². The monoisotopic (exact) mass is 570 g/mol. The molecule has 2 saturated heterocycles. The van der Waals surface area contributed by atoms with Gasteiger partial charge >= 0.3 is 0 Å². The second-order valence-electron chi connectivity index (χ2n) is 10.3. The Morgan fingerprint density at radius 2 is 0.952 bits per heavy atom. The van der Waals surface area contributed by atoms with Crippen LogP contribution in [0.15, 0.2) is 72.8 Å². The maximum Gasteiger partial charge on any atom is 0.251 e. The number of amides is 4. The topological polar surface area (TPSA) is 117 Å². The number of hydrogen-bond donors (Lipinski definition) is 2. The van der Waals surface area contributed by atoms with Crippen LogP contribution in [0, 0.1) is 0 Å². The molecule has 5 rings (SSSR count). The second-order valence-corrected chi connectivity index (χ2v) is 10.3. The average Bonchev–Trinajstić information content (AvgIpc) is 3.46. The van der Waals surface area contributed by atoms with Crippen molar-refractivity contribution in [3.63, 3.8) is 0 Å². The molecule has 3 aromatic rings. The summed E-state index contributed by atoms with van der Waals surface area (Å²) in [5.41, 5.74) is 2.99. The third-order valence-electron chi connectivity index (χ3n) is 7.59. The summed E-state index contributed by atoms with van der Waals surface area (Å²) in [7, 11) is 3.23. The second kappa shape index (κ2) is 13.0. The molecule has 2 N–H and O–H groups in total. The van der Waals surface area contributed by atoms with Gasteiger partial charge in [-0.05, 0) is 85.6 Å². The molecule has 4 amide bonds. The zero-order chi connectivity index (χ0) is 29.6. The van der Waals surface area contributed by atoms with Crippen molar-refractivity contribution in [1.29, 1.82) is 0 Å². The van der Waals surface area contributed by atoms with Gasteiger partial charge < -0.3 is 20.1 Å². The number of ether oxygens (including phenoxy) is 2. The van der Waals surface area contributed by atoms with Gasteiger partial charge in [-0.25, -0.2) is 9.80 Å². The first-order valence-corrected chi connectivity index (χ1v) is 13.9. The average molecular weight is 571 g/mol. The molecule has 0 unspecified atom stereocenters. The van der Waals surface area contributed by atoms with E-state index in [9.17, 15) is 19.2 Å². The number of benzene rings is 3. The molecule has 42 heavy (non-hydrogen) atoms. The molecular formula is C32H34N4O6. The molecule has 0 aliphatic carbocycles. The van der Waals surface area contributed by atoms with Gasteiger partial charge in [0.1, 0.15) is 11.5 Å². The molecule has 0 bridgehead atoms. The van der Waals surface area contributed by atoms with Crippen LogP contribution in [0.3, 0.4) is 0 Å². The SMILES string of the molecule is COc1ccc(CCN[C@H]2CC(=O)N(c3ccc(N4C(=O)C[C@@H](NCCc5ccc(OC)cc5)C4=O)cc3)C2=O)cc1. The zero-order valence-corrected chi connectivity index (χ0v) is 23.7. The zero-order valence-electron chi connectivity index (χ0n) is 23.7. The third kappa shape index (κ3) is 6.35. The summed E-state index contributed by atoms with van der Waals surface area (Å²) in [6.07, 6.45) is 1.53. The molecule has 0 radical (unpaired) electrons. The van der Waals surface area contributed by atoms with E-state index in [1.165, 1.54) is 0 Å². The van der Waals surface area contributed by atoms with E-state index in [2.05, 4.69) is 10.6 Å². The van der Waals surface area contributed by atoms with Crippen molar-refractivity contribution in [2.45, 2.75) is 37.8 Å². The Bertz CT molecular complexity index is 1330. The van der Waals surface area contributed by atoms with Crippen molar-refractivity contribution in [3.05, 3.63) is 83.9 Å². The number of imide groups is 2. The predicted molar refractivity (Wildman–Crippen MR) is 158 cm³/mol. The highest BCUT2D eigenvalue weighted by Gasteiger charge is 2.41. The third-order valence-corrected chi connectivity index (χ3v) is 7.59. The summed E-state index contributed by atoms with van der Waals surface area (Å²) in [5.74, 6) is 0.309. The van der Waals surface area contributed by atoms with E-state index in [0.29, 0.717) is 37.3 Å². The fourth-order valence-electron chi connectivity index (χ4n) is 5.24. The van der Waals surface area contributed by atoms with Crippen LogP contribution in [0.25, 0.3) is 0 Å². The van der Waals surface area contributed by atoms with Crippen LogP contribution in [0.4, 0.5) is 11.4 Å². The molecule has 3 aromatic carbocycles. The molecule has 0 aromatic heterocycles. The van der Waals surface area contributed by atoms with Crippen LogP contribution in [-0.4, -0.2) is 63.0 Å². The molecule has 2 atom stereocenters. The van der Waals surface area contributed by atoms with Crippen molar-refractivity contribution in [2.24, 2.45) is 0 Å². The largest absolute Gasteiger partial charge is 0.497 e. The normalized spacial score (nSPS) is 18.7. The number of carbonyl (C=O) groups excluding carboxylic acids is 4. The van der Waals surface area contributed by atoms with Gasteiger partial charge in [-0.2, -0.15) is 0 Å². The lowest BCUT2D eigenvalue weighted by molar-refractivity contribution is -0.123.